The highest BCUT2D eigenvalue weighted by molar-refractivity contribution is 6.31. The van der Waals surface area contributed by atoms with E-state index in [1.54, 1.807) is 25.1 Å². The van der Waals surface area contributed by atoms with E-state index in [0.29, 0.717) is 23.6 Å². The first-order valence-corrected chi connectivity index (χ1v) is 8.67. The molecule has 1 aliphatic carbocycles. The maximum atomic E-state index is 13.1. The van der Waals surface area contributed by atoms with Gasteiger partial charge in [0.05, 0.1) is 11.7 Å². The molecule has 4 N–H and O–H groups in total. The van der Waals surface area contributed by atoms with E-state index >= 15 is 0 Å². The van der Waals surface area contributed by atoms with Crippen LogP contribution < -0.4 is 11.1 Å². The van der Waals surface area contributed by atoms with E-state index < -0.39 is 17.5 Å². The monoisotopic (exact) mass is 357 g/mol. The minimum absolute atomic E-state index is 0.200. The molecule has 2 aromatic rings. The van der Waals surface area contributed by atoms with E-state index in [0.717, 1.165) is 23.7 Å². The number of carbonyl (C=O) groups excluding carboxylic acids is 2. The Balaban J connectivity index is 1.92. The van der Waals surface area contributed by atoms with Gasteiger partial charge in [0.15, 0.2) is 0 Å². The number of fused-ring (bicyclic) bond motifs is 1. The van der Waals surface area contributed by atoms with Crippen LogP contribution in [0.2, 0.25) is 5.02 Å². The summed E-state index contributed by atoms with van der Waals surface area (Å²) in [4.78, 5) is 28.1. The maximum Gasteiger partial charge on any atom is 0.296 e. The average Bonchev–Trinajstić information content (AvgIpc) is 2.99. The third kappa shape index (κ3) is 3.41. The Morgan fingerprint density at radius 3 is 2.92 bits per heavy atom. The summed E-state index contributed by atoms with van der Waals surface area (Å²) < 4.78 is 0. The van der Waals surface area contributed by atoms with Crippen molar-refractivity contribution in [2.45, 2.75) is 44.2 Å². The predicted molar refractivity (Wildman–Crippen MR) is 98.4 cm³/mol. The number of H-pyrrole nitrogens is 1. The van der Waals surface area contributed by atoms with Crippen molar-refractivity contribution in [2.75, 3.05) is 0 Å². The van der Waals surface area contributed by atoms with E-state index in [1.165, 1.54) is 0 Å². The molecule has 1 aromatic carbocycles. The molecule has 0 bridgehead atoms. The Kier molecular flexibility index (Phi) is 4.85. The Bertz CT molecular complexity index is 893. The summed E-state index contributed by atoms with van der Waals surface area (Å²) in [7, 11) is 0. The lowest BCUT2D eigenvalue weighted by Crippen LogP contribution is -2.64. The molecule has 5 nitrogen and oxygen atoms in total. The molecular formula is C19H20ClN3O2. The molecule has 0 spiro atoms. The van der Waals surface area contributed by atoms with Gasteiger partial charge in [-0.1, -0.05) is 30.4 Å². The molecule has 3 rings (SSSR count). The largest absolute Gasteiger partial charge is 0.352 e. The van der Waals surface area contributed by atoms with Gasteiger partial charge in [-0.3, -0.25) is 9.59 Å². The average molecular weight is 358 g/mol. The second-order valence-corrected chi connectivity index (χ2v) is 6.87. The van der Waals surface area contributed by atoms with E-state index in [2.05, 4.69) is 22.1 Å². The van der Waals surface area contributed by atoms with Gasteiger partial charge in [0, 0.05) is 15.9 Å². The first-order chi connectivity index (χ1) is 11.9. The van der Waals surface area contributed by atoms with Crippen LogP contribution in [0.5, 0.6) is 0 Å². The standard InChI is InChI=1S/C19H20ClN3O2/c1-2-5-17(24)23-16-6-3-4-9-19(16,21)18(25)15-11-12-10-13(20)7-8-14(12)22-15/h7-8,10-11,16,22H,3-4,6,9,21H2,1H3,(H,23,24). The van der Waals surface area contributed by atoms with Gasteiger partial charge in [0.2, 0.25) is 5.78 Å². The molecule has 1 heterocycles. The minimum Gasteiger partial charge on any atom is -0.352 e. The van der Waals surface area contributed by atoms with Gasteiger partial charge in [-0.2, -0.15) is 0 Å². The van der Waals surface area contributed by atoms with Crippen LogP contribution in [0.25, 0.3) is 10.9 Å². The van der Waals surface area contributed by atoms with Crippen LogP contribution in [-0.4, -0.2) is 28.3 Å². The Morgan fingerprint density at radius 1 is 1.36 bits per heavy atom. The number of benzene rings is 1. The van der Waals surface area contributed by atoms with Gasteiger partial charge >= 0.3 is 0 Å². The molecule has 0 aliphatic heterocycles. The third-order valence-corrected chi connectivity index (χ3v) is 4.98. The molecule has 0 radical (unpaired) electrons. The number of hydrogen-bond donors (Lipinski definition) is 3. The molecular weight excluding hydrogens is 338 g/mol. The number of carbonyl (C=O) groups is 2. The van der Waals surface area contributed by atoms with Crippen LogP contribution in [0.15, 0.2) is 24.3 Å². The summed E-state index contributed by atoms with van der Waals surface area (Å²) in [6.07, 6.45) is 2.94. The van der Waals surface area contributed by atoms with Crippen molar-refractivity contribution >= 4 is 34.2 Å². The van der Waals surface area contributed by atoms with Crippen LogP contribution in [0, 0.1) is 11.8 Å². The first-order valence-electron chi connectivity index (χ1n) is 8.29. The molecule has 130 valence electrons. The number of rotatable bonds is 3. The molecule has 0 saturated heterocycles. The lowest BCUT2D eigenvalue weighted by Gasteiger charge is -2.39. The lowest BCUT2D eigenvalue weighted by atomic mass is 9.74. The Labute approximate surface area is 151 Å². The molecule has 1 saturated carbocycles. The van der Waals surface area contributed by atoms with Gasteiger partial charge < -0.3 is 16.0 Å². The van der Waals surface area contributed by atoms with Crippen molar-refractivity contribution in [2.24, 2.45) is 5.73 Å². The number of hydrogen-bond acceptors (Lipinski definition) is 3. The smallest absolute Gasteiger partial charge is 0.296 e. The van der Waals surface area contributed by atoms with Crippen LogP contribution in [0.4, 0.5) is 0 Å². The number of aromatic amines is 1. The maximum absolute atomic E-state index is 13.1. The molecule has 1 amide bonds. The fourth-order valence-electron chi connectivity index (χ4n) is 3.45. The number of amides is 1. The summed E-state index contributed by atoms with van der Waals surface area (Å²) in [5, 5.41) is 4.27. The molecule has 1 aliphatic rings. The van der Waals surface area contributed by atoms with E-state index in [1.807, 2.05) is 6.07 Å². The molecule has 2 unspecified atom stereocenters. The van der Waals surface area contributed by atoms with Gasteiger partial charge in [-0.25, -0.2) is 0 Å². The molecule has 1 aromatic heterocycles. The summed E-state index contributed by atoms with van der Waals surface area (Å²) in [5.41, 5.74) is 6.63. The first kappa shape index (κ1) is 17.5. The van der Waals surface area contributed by atoms with Gasteiger partial charge in [-0.05, 0) is 50.0 Å². The molecule has 6 heteroatoms. The summed E-state index contributed by atoms with van der Waals surface area (Å²) in [6, 6.07) is 6.72. The topological polar surface area (TPSA) is 88.0 Å². The number of nitrogens with two attached hydrogens (primary N) is 1. The molecule has 1 fully saturated rings. The molecule has 25 heavy (non-hydrogen) atoms. The second-order valence-electron chi connectivity index (χ2n) is 6.43. The highest BCUT2D eigenvalue weighted by atomic mass is 35.5. The number of Topliss-reactive ketones (excluding diaryl/α,β-unsaturated/α-hetero) is 1. The Morgan fingerprint density at radius 2 is 2.16 bits per heavy atom. The van der Waals surface area contributed by atoms with Gasteiger partial charge in [0.25, 0.3) is 5.91 Å². The zero-order chi connectivity index (χ0) is 18.0. The van der Waals surface area contributed by atoms with E-state index in [-0.39, 0.29) is 5.78 Å². The van der Waals surface area contributed by atoms with Crippen molar-refractivity contribution in [3.63, 3.8) is 0 Å². The van der Waals surface area contributed by atoms with Gasteiger partial charge in [-0.15, -0.1) is 0 Å². The minimum atomic E-state index is -1.14. The van der Waals surface area contributed by atoms with E-state index in [4.69, 9.17) is 17.3 Å². The van der Waals surface area contributed by atoms with Crippen molar-refractivity contribution in [3.05, 3.63) is 35.0 Å². The highest BCUT2D eigenvalue weighted by Gasteiger charge is 2.45. The summed E-state index contributed by atoms with van der Waals surface area (Å²) >= 11 is 6.01. The predicted octanol–water partition coefficient (Wildman–Crippen LogP) is 2.78. The van der Waals surface area contributed by atoms with Crippen LogP contribution in [0.1, 0.15) is 43.1 Å². The van der Waals surface area contributed by atoms with Crippen molar-refractivity contribution in [1.29, 1.82) is 0 Å². The third-order valence-electron chi connectivity index (χ3n) is 4.75. The van der Waals surface area contributed by atoms with E-state index in [9.17, 15) is 9.59 Å². The number of nitrogens with one attached hydrogen (secondary N) is 2. The van der Waals surface area contributed by atoms with Crippen LogP contribution >= 0.6 is 11.6 Å². The second kappa shape index (κ2) is 6.91. The van der Waals surface area contributed by atoms with Crippen molar-refractivity contribution in [1.82, 2.24) is 10.3 Å². The summed E-state index contributed by atoms with van der Waals surface area (Å²) in [6.45, 7) is 1.59. The zero-order valence-corrected chi connectivity index (χ0v) is 14.7. The fraction of sp³-hybridized carbons (Fsp3) is 0.368. The van der Waals surface area contributed by atoms with Crippen molar-refractivity contribution < 1.29 is 9.59 Å². The van der Waals surface area contributed by atoms with Crippen molar-refractivity contribution in [3.8, 4) is 11.8 Å². The quantitative estimate of drug-likeness (QED) is 0.583. The summed E-state index contributed by atoms with van der Waals surface area (Å²) in [5.74, 6) is 4.41. The Hall–Kier alpha value is -2.29. The lowest BCUT2D eigenvalue weighted by molar-refractivity contribution is -0.116. The SMILES string of the molecule is CC#CC(=O)NC1CCCCC1(N)C(=O)c1cc2cc(Cl)ccc2[nH]1. The fourth-order valence-corrected chi connectivity index (χ4v) is 3.64. The van der Waals surface area contributed by atoms with Crippen LogP contribution in [0.3, 0.4) is 0 Å². The molecule has 2 atom stereocenters. The number of halogens is 1. The number of aromatic nitrogens is 1. The van der Waals surface area contributed by atoms with Crippen LogP contribution in [-0.2, 0) is 4.79 Å². The normalized spacial score (nSPS) is 22.9. The van der Waals surface area contributed by atoms with Gasteiger partial charge in [0.1, 0.15) is 5.54 Å². The zero-order valence-electron chi connectivity index (χ0n) is 14.0. The number of ketones is 1. The highest BCUT2D eigenvalue weighted by Crippen LogP contribution is 2.31.